The van der Waals surface area contributed by atoms with Crippen LogP contribution in [0.1, 0.15) is 30.5 Å². The lowest BCUT2D eigenvalue weighted by Gasteiger charge is -2.19. The van der Waals surface area contributed by atoms with Crippen molar-refractivity contribution >= 4 is 27.5 Å². The second-order valence-corrected chi connectivity index (χ2v) is 9.98. The molecule has 2 atom stereocenters. The van der Waals surface area contributed by atoms with Crippen molar-refractivity contribution in [2.75, 3.05) is 25.5 Å². The molecule has 2 amide bonds. The van der Waals surface area contributed by atoms with E-state index < -0.39 is 15.9 Å². The fourth-order valence-electron chi connectivity index (χ4n) is 3.41. The van der Waals surface area contributed by atoms with Crippen molar-refractivity contribution in [3.63, 3.8) is 0 Å². The molecule has 30 heavy (non-hydrogen) atoms. The molecule has 0 saturated carbocycles. The number of aryl methyl sites for hydroxylation is 1. The van der Waals surface area contributed by atoms with Crippen LogP contribution < -0.4 is 10.2 Å². The van der Waals surface area contributed by atoms with Crippen LogP contribution in [0.2, 0.25) is 0 Å². The first-order chi connectivity index (χ1) is 14.1. The Balaban J connectivity index is 1.64. The largest absolute Gasteiger partial charge is 0.349 e. The molecule has 8 heteroatoms. The molecule has 0 bridgehead atoms. The number of carbonyl (C=O) groups is 2. The highest BCUT2D eigenvalue weighted by molar-refractivity contribution is 7.89. The first kappa shape index (κ1) is 22.0. The topological polar surface area (TPSA) is 86.8 Å². The van der Waals surface area contributed by atoms with E-state index in [1.807, 2.05) is 38.1 Å². The van der Waals surface area contributed by atoms with Gasteiger partial charge in [-0.25, -0.2) is 12.7 Å². The van der Waals surface area contributed by atoms with Gasteiger partial charge in [-0.05, 0) is 43.7 Å². The van der Waals surface area contributed by atoms with Crippen molar-refractivity contribution in [2.45, 2.75) is 31.2 Å². The zero-order valence-corrected chi connectivity index (χ0v) is 18.4. The molecule has 2 unspecified atom stereocenters. The lowest BCUT2D eigenvalue weighted by atomic mass is 10.1. The minimum Gasteiger partial charge on any atom is -0.349 e. The van der Waals surface area contributed by atoms with Crippen LogP contribution in [0.3, 0.4) is 0 Å². The van der Waals surface area contributed by atoms with Gasteiger partial charge in [0.1, 0.15) is 0 Å². The van der Waals surface area contributed by atoms with Crippen molar-refractivity contribution in [2.24, 2.45) is 5.92 Å². The predicted molar refractivity (Wildman–Crippen MR) is 116 cm³/mol. The van der Waals surface area contributed by atoms with Crippen molar-refractivity contribution < 1.29 is 18.0 Å². The normalized spacial score (nSPS) is 18.0. The van der Waals surface area contributed by atoms with Gasteiger partial charge in [0.25, 0.3) is 0 Å². The zero-order valence-electron chi connectivity index (χ0n) is 17.6. The average molecular weight is 430 g/mol. The van der Waals surface area contributed by atoms with E-state index in [1.54, 1.807) is 17.0 Å². The summed E-state index contributed by atoms with van der Waals surface area (Å²) in [4.78, 5) is 27.0. The Kier molecular flexibility index (Phi) is 6.28. The Hall–Kier alpha value is -2.71. The number of anilines is 1. The van der Waals surface area contributed by atoms with Crippen LogP contribution in [-0.4, -0.2) is 45.2 Å². The van der Waals surface area contributed by atoms with Gasteiger partial charge in [0.2, 0.25) is 21.8 Å². The van der Waals surface area contributed by atoms with Crippen LogP contribution in [0, 0.1) is 12.8 Å². The van der Waals surface area contributed by atoms with E-state index in [4.69, 9.17) is 0 Å². The Bertz CT molecular complexity index is 1030. The monoisotopic (exact) mass is 429 g/mol. The van der Waals surface area contributed by atoms with E-state index in [9.17, 15) is 18.0 Å². The molecule has 1 fully saturated rings. The highest BCUT2D eigenvalue weighted by Crippen LogP contribution is 2.26. The quantitative estimate of drug-likeness (QED) is 0.764. The molecule has 0 spiro atoms. The van der Waals surface area contributed by atoms with E-state index >= 15 is 0 Å². The maximum Gasteiger partial charge on any atom is 0.242 e. The highest BCUT2D eigenvalue weighted by Gasteiger charge is 2.35. The second kappa shape index (κ2) is 8.57. The van der Waals surface area contributed by atoms with Crippen molar-refractivity contribution in [1.82, 2.24) is 9.62 Å². The molecule has 160 valence electrons. The lowest BCUT2D eigenvalue weighted by Crippen LogP contribution is -2.34. The number of rotatable bonds is 6. The highest BCUT2D eigenvalue weighted by atomic mass is 32.2. The van der Waals surface area contributed by atoms with Crippen molar-refractivity contribution in [3.8, 4) is 0 Å². The van der Waals surface area contributed by atoms with E-state index in [2.05, 4.69) is 5.32 Å². The fourth-order valence-corrected chi connectivity index (χ4v) is 4.31. The smallest absolute Gasteiger partial charge is 0.242 e. The van der Waals surface area contributed by atoms with Gasteiger partial charge in [-0.3, -0.25) is 9.59 Å². The van der Waals surface area contributed by atoms with Gasteiger partial charge in [-0.1, -0.05) is 29.8 Å². The standard InChI is InChI=1S/C22H27N3O4S/c1-15-5-9-19(10-6-15)25-14-18(13-21(25)26)22(27)23-16(2)17-7-11-20(12-8-17)30(28,29)24(3)4/h5-12,16,18H,13-14H2,1-4H3,(H,23,27). The Morgan fingerprint density at radius 2 is 1.70 bits per heavy atom. The van der Waals surface area contributed by atoms with E-state index in [-0.39, 0.29) is 29.2 Å². The van der Waals surface area contributed by atoms with Crippen LogP contribution in [0.15, 0.2) is 53.4 Å². The average Bonchev–Trinajstić information content (AvgIpc) is 3.10. The van der Waals surface area contributed by atoms with Crippen LogP contribution in [0.4, 0.5) is 5.69 Å². The number of carbonyl (C=O) groups excluding carboxylic acids is 2. The van der Waals surface area contributed by atoms with Gasteiger partial charge in [-0.15, -0.1) is 0 Å². The summed E-state index contributed by atoms with van der Waals surface area (Å²) in [7, 11) is -0.532. The van der Waals surface area contributed by atoms with Crippen LogP contribution >= 0.6 is 0 Å². The summed E-state index contributed by atoms with van der Waals surface area (Å²) in [5.74, 6) is -0.671. The number of hydrogen-bond donors (Lipinski definition) is 1. The minimum atomic E-state index is -3.49. The second-order valence-electron chi connectivity index (χ2n) is 7.83. The van der Waals surface area contributed by atoms with Gasteiger partial charge >= 0.3 is 0 Å². The number of sulfonamides is 1. The molecule has 2 aromatic rings. The van der Waals surface area contributed by atoms with Gasteiger partial charge in [-0.2, -0.15) is 0 Å². The molecule has 0 radical (unpaired) electrons. The van der Waals surface area contributed by atoms with E-state index in [0.717, 1.165) is 21.1 Å². The number of hydrogen-bond acceptors (Lipinski definition) is 4. The van der Waals surface area contributed by atoms with Crippen molar-refractivity contribution in [3.05, 3.63) is 59.7 Å². The van der Waals surface area contributed by atoms with Gasteiger partial charge < -0.3 is 10.2 Å². The third-order valence-electron chi connectivity index (χ3n) is 5.36. The number of nitrogens with one attached hydrogen (secondary N) is 1. The lowest BCUT2D eigenvalue weighted by molar-refractivity contribution is -0.126. The molecule has 7 nitrogen and oxygen atoms in total. The third kappa shape index (κ3) is 4.55. The first-order valence-corrected chi connectivity index (χ1v) is 11.2. The summed E-state index contributed by atoms with van der Waals surface area (Å²) < 4.78 is 25.5. The van der Waals surface area contributed by atoms with Crippen LogP contribution in [0.5, 0.6) is 0 Å². The Labute approximate surface area is 177 Å². The molecule has 1 N–H and O–H groups in total. The molecule has 0 aromatic heterocycles. The number of amides is 2. The molecular formula is C22H27N3O4S. The summed E-state index contributed by atoms with van der Waals surface area (Å²) in [6, 6.07) is 13.8. The van der Waals surface area contributed by atoms with Gasteiger partial charge in [0.15, 0.2) is 0 Å². The van der Waals surface area contributed by atoms with Gasteiger partial charge in [0, 0.05) is 32.7 Å². The molecular weight excluding hydrogens is 402 g/mol. The van der Waals surface area contributed by atoms with Crippen molar-refractivity contribution in [1.29, 1.82) is 0 Å². The maximum atomic E-state index is 12.7. The van der Waals surface area contributed by atoms with Crippen LogP contribution in [0.25, 0.3) is 0 Å². The molecule has 1 saturated heterocycles. The third-order valence-corrected chi connectivity index (χ3v) is 7.19. The SMILES string of the molecule is Cc1ccc(N2CC(C(=O)NC(C)c3ccc(S(=O)(=O)N(C)C)cc3)CC2=O)cc1. The van der Waals surface area contributed by atoms with E-state index in [0.29, 0.717) is 6.54 Å². The summed E-state index contributed by atoms with van der Waals surface area (Å²) in [6.45, 7) is 4.16. The Morgan fingerprint density at radius 1 is 1.10 bits per heavy atom. The van der Waals surface area contributed by atoms with E-state index in [1.165, 1.54) is 26.2 Å². The number of benzene rings is 2. The Morgan fingerprint density at radius 3 is 2.27 bits per heavy atom. The molecule has 1 heterocycles. The minimum absolute atomic E-state index is 0.0649. The number of nitrogens with zero attached hydrogens (tertiary/aromatic N) is 2. The van der Waals surface area contributed by atoms with Gasteiger partial charge in [0.05, 0.1) is 16.9 Å². The first-order valence-electron chi connectivity index (χ1n) is 9.79. The molecule has 1 aliphatic heterocycles. The summed E-state index contributed by atoms with van der Waals surface area (Å²) in [6.07, 6.45) is 0.173. The molecule has 3 rings (SSSR count). The summed E-state index contributed by atoms with van der Waals surface area (Å²) >= 11 is 0. The molecule has 1 aliphatic rings. The predicted octanol–water partition coefficient (Wildman–Crippen LogP) is 2.48. The molecule has 2 aromatic carbocycles. The molecule has 0 aliphatic carbocycles. The van der Waals surface area contributed by atoms with Crippen LogP contribution in [-0.2, 0) is 19.6 Å². The maximum absolute atomic E-state index is 12.7. The zero-order chi connectivity index (χ0) is 22.1. The summed E-state index contributed by atoms with van der Waals surface area (Å²) in [5.41, 5.74) is 2.70. The fraction of sp³-hybridized carbons (Fsp3) is 0.364. The summed E-state index contributed by atoms with van der Waals surface area (Å²) in [5, 5.41) is 2.94.